The number of hydrogen-bond donors (Lipinski definition) is 2. The predicted molar refractivity (Wildman–Crippen MR) is 114 cm³/mol. The topological polar surface area (TPSA) is 103 Å². The van der Waals surface area contributed by atoms with Gasteiger partial charge in [0.25, 0.3) is 0 Å². The normalized spacial score (nSPS) is 10.8. The average Bonchev–Trinajstić information content (AvgIpc) is 2.74. The van der Waals surface area contributed by atoms with E-state index in [9.17, 15) is 14.7 Å². The van der Waals surface area contributed by atoms with Crippen molar-refractivity contribution in [3.05, 3.63) is 88.6 Å². The Kier molecular flexibility index (Phi) is 5.22. The molecule has 0 atom stereocenters. The Morgan fingerprint density at radius 3 is 2.27 bits per heavy atom. The quantitative estimate of drug-likeness (QED) is 0.499. The van der Waals surface area contributed by atoms with E-state index in [2.05, 4.69) is 0 Å². The second-order valence-electron chi connectivity index (χ2n) is 6.89. The van der Waals surface area contributed by atoms with Gasteiger partial charge in [0.15, 0.2) is 5.43 Å². The number of carbonyl (C=O) groups excluding carboxylic acids is 1. The van der Waals surface area contributed by atoms with Gasteiger partial charge in [-0.3, -0.25) is 9.59 Å². The van der Waals surface area contributed by atoms with Gasteiger partial charge in [-0.1, -0.05) is 12.1 Å². The van der Waals surface area contributed by atoms with E-state index in [1.807, 2.05) is 24.3 Å². The fourth-order valence-electron chi connectivity index (χ4n) is 3.10. The minimum atomic E-state index is -0.323. The maximum atomic E-state index is 12.3. The molecule has 0 saturated heterocycles. The highest BCUT2D eigenvalue weighted by molar-refractivity contribution is 5.80. The van der Waals surface area contributed by atoms with Crippen LogP contribution in [0.5, 0.6) is 17.2 Å². The second kappa shape index (κ2) is 8.13. The molecule has 0 saturated carbocycles. The number of aryl methyl sites for hydroxylation is 1. The predicted octanol–water partition coefficient (Wildman–Crippen LogP) is 4.38. The van der Waals surface area contributed by atoms with E-state index in [4.69, 9.17) is 14.9 Å². The molecule has 0 fully saturated rings. The summed E-state index contributed by atoms with van der Waals surface area (Å²) >= 11 is 0. The first-order chi connectivity index (χ1) is 14.5. The van der Waals surface area contributed by atoms with Crippen molar-refractivity contribution < 1.29 is 19.1 Å². The molecule has 150 valence electrons. The number of hydrogen-bond acceptors (Lipinski definition) is 5. The standard InChI is InChI=1S/C24H19NO5/c25-24(28)12-3-15-1-7-18(8-2-15)29-19-9-4-16(5-10-19)23-14-21(27)20-13-17(26)6-11-22(20)30-23/h1-2,4-11,13-14,26H,3,12H2,(H2,25,28). The number of phenolic OH excluding ortho intramolecular Hbond substituents is 1. The third-order valence-corrected chi connectivity index (χ3v) is 4.67. The van der Waals surface area contributed by atoms with Crippen molar-refractivity contribution in [3.63, 3.8) is 0 Å². The highest BCUT2D eigenvalue weighted by Crippen LogP contribution is 2.28. The smallest absolute Gasteiger partial charge is 0.217 e. The zero-order valence-corrected chi connectivity index (χ0v) is 16.0. The Morgan fingerprint density at radius 2 is 1.60 bits per heavy atom. The van der Waals surface area contributed by atoms with Gasteiger partial charge >= 0.3 is 0 Å². The number of phenols is 1. The van der Waals surface area contributed by atoms with Crippen molar-refractivity contribution in [1.82, 2.24) is 0 Å². The fraction of sp³-hybridized carbons (Fsp3) is 0.0833. The number of benzene rings is 3. The molecular weight excluding hydrogens is 382 g/mol. The highest BCUT2D eigenvalue weighted by Gasteiger charge is 2.08. The maximum Gasteiger partial charge on any atom is 0.217 e. The summed E-state index contributed by atoms with van der Waals surface area (Å²) in [4.78, 5) is 23.2. The number of primary amides is 1. The molecule has 1 amide bonds. The zero-order valence-electron chi connectivity index (χ0n) is 16.0. The monoisotopic (exact) mass is 401 g/mol. The lowest BCUT2D eigenvalue weighted by Crippen LogP contribution is -2.11. The van der Waals surface area contributed by atoms with E-state index in [0.29, 0.717) is 41.1 Å². The molecule has 3 N–H and O–H groups in total. The van der Waals surface area contributed by atoms with Crippen molar-refractivity contribution in [2.24, 2.45) is 5.73 Å². The molecular formula is C24H19NO5. The summed E-state index contributed by atoms with van der Waals surface area (Å²) in [5, 5.41) is 9.87. The third-order valence-electron chi connectivity index (χ3n) is 4.67. The van der Waals surface area contributed by atoms with Crippen LogP contribution in [-0.4, -0.2) is 11.0 Å². The van der Waals surface area contributed by atoms with Gasteiger partial charge in [-0.2, -0.15) is 0 Å². The Hall–Kier alpha value is -4.06. The van der Waals surface area contributed by atoms with Crippen molar-refractivity contribution in [2.45, 2.75) is 12.8 Å². The van der Waals surface area contributed by atoms with E-state index in [0.717, 1.165) is 11.1 Å². The van der Waals surface area contributed by atoms with Crippen LogP contribution in [0.1, 0.15) is 12.0 Å². The van der Waals surface area contributed by atoms with Gasteiger partial charge in [0.05, 0.1) is 5.39 Å². The summed E-state index contributed by atoms with van der Waals surface area (Å²) < 4.78 is 11.7. The number of aromatic hydroxyl groups is 1. The number of amides is 1. The van der Waals surface area contributed by atoms with E-state index < -0.39 is 0 Å². The minimum absolute atomic E-state index is 0.0185. The molecule has 3 aromatic carbocycles. The van der Waals surface area contributed by atoms with Crippen LogP contribution < -0.4 is 15.9 Å². The zero-order chi connectivity index (χ0) is 21.1. The van der Waals surface area contributed by atoms with Crippen LogP contribution in [0, 0.1) is 0 Å². The summed E-state index contributed by atoms with van der Waals surface area (Å²) in [7, 11) is 0. The number of rotatable bonds is 6. The lowest BCUT2D eigenvalue weighted by Gasteiger charge is -2.08. The Labute approximate surface area is 172 Å². The number of ether oxygens (including phenoxy) is 1. The van der Waals surface area contributed by atoms with Crippen molar-refractivity contribution in [3.8, 4) is 28.6 Å². The number of carbonyl (C=O) groups is 1. The molecule has 0 radical (unpaired) electrons. The van der Waals surface area contributed by atoms with Gasteiger partial charge in [-0.15, -0.1) is 0 Å². The molecule has 0 aliphatic carbocycles. The third kappa shape index (κ3) is 4.33. The fourth-order valence-corrected chi connectivity index (χ4v) is 3.10. The number of nitrogens with two attached hydrogens (primary N) is 1. The maximum absolute atomic E-state index is 12.3. The Bertz CT molecular complexity index is 1260. The van der Waals surface area contributed by atoms with Gasteiger partial charge in [0, 0.05) is 18.1 Å². The van der Waals surface area contributed by atoms with Crippen LogP contribution in [-0.2, 0) is 11.2 Å². The van der Waals surface area contributed by atoms with Crippen LogP contribution in [0.4, 0.5) is 0 Å². The average molecular weight is 401 g/mol. The summed E-state index contributed by atoms with van der Waals surface area (Å²) in [5.41, 5.74) is 7.10. The van der Waals surface area contributed by atoms with Crippen LogP contribution in [0.25, 0.3) is 22.3 Å². The first kappa shape index (κ1) is 19.3. The molecule has 1 aromatic heterocycles. The summed E-state index contributed by atoms with van der Waals surface area (Å²) in [6.45, 7) is 0. The van der Waals surface area contributed by atoms with Gasteiger partial charge in [0.1, 0.15) is 28.6 Å². The molecule has 6 nitrogen and oxygen atoms in total. The summed E-state index contributed by atoms with van der Waals surface area (Å²) in [6.07, 6.45) is 0.911. The van der Waals surface area contributed by atoms with Crippen molar-refractivity contribution >= 4 is 16.9 Å². The van der Waals surface area contributed by atoms with Crippen LogP contribution in [0.15, 0.2) is 82.0 Å². The second-order valence-corrected chi connectivity index (χ2v) is 6.89. The van der Waals surface area contributed by atoms with E-state index in [1.54, 1.807) is 30.3 Å². The van der Waals surface area contributed by atoms with Gasteiger partial charge in [0.2, 0.25) is 5.91 Å². The van der Waals surface area contributed by atoms with Crippen LogP contribution in [0.3, 0.4) is 0 Å². The van der Waals surface area contributed by atoms with Crippen molar-refractivity contribution in [2.75, 3.05) is 0 Å². The molecule has 4 aromatic rings. The molecule has 0 aliphatic heterocycles. The van der Waals surface area contributed by atoms with Gasteiger partial charge < -0.3 is 20.0 Å². The molecule has 6 heteroatoms. The first-order valence-corrected chi connectivity index (χ1v) is 9.40. The molecule has 0 unspecified atom stereocenters. The molecule has 30 heavy (non-hydrogen) atoms. The van der Waals surface area contributed by atoms with Crippen LogP contribution >= 0.6 is 0 Å². The minimum Gasteiger partial charge on any atom is -0.508 e. The Balaban J connectivity index is 1.50. The van der Waals surface area contributed by atoms with E-state index >= 15 is 0 Å². The highest BCUT2D eigenvalue weighted by atomic mass is 16.5. The lowest BCUT2D eigenvalue weighted by atomic mass is 10.1. The molecule has 1 heterocycles. The van der Waals surface area contributed by atoms with Crippen LogP contribution in [0.2, 0.25) is 0 Å². The van der Waals surface area contributed by atoms with Gasteiger partial charge in [-0.05, 0) is 66.6 Å². The van der Waals surface area contributed by atoms with Crippen molar-refractivity contribution in [1.29, 1.82) is 0 Å². The molecule has 0 bridgehead atoms. The lowest BCUT2D eigenvalue weighted by molar-refractivity contribution is -0.117. The SMILES string of the molecule is NC(=O)CCc1ccc(Oc2ccc(-c3cc(=O)c4cc(O)ccc4o3)cc2)cc1. The Morgan fingerprint density at radius 1 is 0.933 bits per heavy atom. The number of fused-ring (bicyclic) bond motifs is 1. The summed E-state index contributed by atoms with van der Waals surface area (Å²) in [5.74, 6) is 1.43. The summed E-state index contributed by atoms with van der Waals surface area (Å²) in [6, 6.07) is 20.5. The largest absolute Gasteiger partial charge is 0.508 e. The van der Waals surface area contributed by atoms with E-state index in [-0.39, 0.29) is 17.1 Å². The molecule has 4 rings (SSSR count). The molecule has 0 spiro atoms. The first-order valence-electron chi connectivity index (χ1n) is 9.40. The van der Waals surface area contributed by atoms with E-state index in [1.165, 1.54) is 18.2 Å². The molecule has 0 aliphatic rings. The van der Waals surface area contributed by atoms with Gasteiger partial charge in [-0.25, -0.2) is 0 Å².